The van der Waals surface area contributed by atoms with Crippen LogP contribution in [-0.2, 0) is 6.61 Å². The number of rotatable bonds is 5. The lowest BCUT2D eigenvalue weighted by molar-refractivity contribution is -0.385. The van der Waals surface area contributed by atoms with Crippen LogP contribution in [0.5, 0.6) is 5.75 Å². The lowest BCUT2D eigenvalue weighted by Gasteiger charge is -2.04. The minimum Gasteiger partial charge on any atom is -0.477 e. The molecule has 3 aromatic rings. The summed E-state index contributed by atoms with van der Waals surface area (Å²) in [6.07, 6.45) is 0. The zero-order valence-electron chi connectivity index (χ0n) is 12.0. The van der Waals surface area contributed by atoms with Crippen molar-refractivity contribution in [3.8, 4) is 17.2 Å². The van der Waals surface area contributed by atoms with Crippen molar-refractivity contribution < 1.29 is 14.1 Å². The summed E-state index contributed by atoms with van der Waals surface area (Å²) in [7, 11) is 0. The molecule has 0 saturated carbocycles. The molecule has 1 heterocycles. The van der Waals surface area contributed by atoms with Gasteiger partial charge in [-0.25, -0.2) is 0 Å². The van der Waals surface area contributed by atoms with Gasteiger partial charge in [0.1, 0.15) is 0 Å². The molecule has 3 rings (SSSR count). The van der Waals surface area contributed by atoms with Gasteiger partial charge in [0.15, 0.2) is 12.4 Å². The predicted octanol–water partition coefficient (Wildman–Crippen LogP) is 4.64. The van der Waals surface area contributed by atoms with Crippen molar-refractivity contribution in [2.45, 2.75) is 6.61 Å². The van der Waals surface area contributed by atoms with E-state index in [2.05, 4.69) is 26.1 Å². The highest BCUT2D eigenvalue weighted by atomic mass is 79.9. The van der Waals surface area contributed by atoms with Crippen LogP contribution in [0.15, 0.2) is 51.4 Å². The summed E-state index contributed by atoms with van der Waals surface area (Å²) in [5.74, 6) is 0.612. The molecule has 0 saturated heterocycles. The van der Waals surface area contributed by atoms with Crippen LogP contribution in [0.25, 0.3) is 11.5 Å². The fourth-order valence-corrected chi connectivity index (χ4v) is 2.51. The maximum atomic E-state index is 11.0. The summed E-state index contributed by atoms with van der Waals surface area (Å²) < 4.78 is 11.8. The van der Waals surface area contributed by atoms with Crippen LogP contribution >= 0.6 is 27.5 Å². The van der Waals surface area contributed by atoms with Crippen molar-refractivity contribution in [2.24, 2.45) is 0 Å². The second-order valence-corrected chi connectivity index (χ2v) is 6.02. The van der Waals surface area contributed by atoms with E-state index in [4.69, 9.17) is 20.8 Å². The van der Waals surface area contributed by atoms with Crippen molar-refractivity contribution >= 4 is 33.2 Å². The Kier molecular flexibility index (Phi) is 4.77. The van der Waals surface area contributed by atoms with Gasteiger partial charge in [-0.2, -0.15) is 0 Å². The molecular weight excluding hydrogens is 402 g/mol. The number of nitro groups is 1. The molecule has 0 aliphatic carbocycles. The van der Waals surface area contributed by atoms with Gasteiger partial charge in [0.2, 0.25) is 5.89 Å². The third kappa shape index (κ3) is 3.72. The lowest BCUT2D eigenvalue weighted by Crippen LogP contribution is -1.99. The molecule has 0 unspecified atom stereocenters. The van der Waals surface area contributed by atoms with Crippen LogP contribution < -0.4 is 4.74 Å². The van der Waals surface area contributed by atoms with Crippen LogP contribution in [-0.4, -0.2) is 15.1 Å². The number of hydrogen-bond acceptors (Lipinski definition) is 6. The molecule has 2 aromatic carbocycles. The minimum absolute atomic E-state index is 0.0756. The Labute approximate surface area is 149 Å². The van der Waals surface area contributed by atoms with Gasteiger partial charge in [-0.15, -0.1) is 10.2 Å². The minimum atomic E-state index is -0.568. The van der Waals surface area contributed by atoms with Crippen LogP contribution in [0.4, 0.5) is 5.69 Å². The number of halogens is 2. The Hall–Kier alpha value is -2.45. The van der Waals surface area contributed by atoms with E-state index in [1.54, 1.807) is 0 Å². The maximum Gasteiger partial charge on any atom is 0.312 e. The molecule has 1 aromatic heterocycles. The van der Waals surface area contributed by atoms with E-state index in [1.165, 1.54) is 18.2 Å². The van der Waals surface area contributed by atoms with Gasteiger partial charge in [0.05, 0.1) is 4.92 Å². The van der Waals surface area contributed by atoms with Crippen LogP contribution in [0.3, 0.4) is 0 Å². The molecule has 122 valence electrons. The van der Waals surface area contributed by atoms with E-state index in [-0.39, 0.29) is 29.0 Å². The molecule has 7 nitrogen and oxygen atoms in total. The number of nitro benzene ring substituents is 1. The summed E-state index contributed by atoms with van der Waals surface area (Å²) in [6, 6.07) is 11.5. The van der Waals surface area contributed by atoms with Crippen molar-refractivity contribution in [2.75, 3.05) is 0 Å². The van der Waals surface area contributed by atoms with E-state index >= 15 is 0 Å². The van der Waals surface area contributed by atoms with Crippen molar-refractivity contribution in [1.82, 2.24) is 10.2 Å². The van der Waals surface area contributed by atoms with Gasteiger partial charge in [0.25, 0.3) is 5.89 Å². The van der Waals surface area contributed by atoms with E-state index in [1.807, 2.05) is 24.3 Å². The van der Waals surface area contributed by atoms with E-state index in [9.17, 15) is 10.1 Å². The van der Waals surface area contributed by atoms with Gasteiger partial charge in [0, 0.05) is 21.1 Å². The maximum absolute atomic E-state index is 11.0. The van der Waals surface area contributed by atoms with Crippen LogP contribution in [0.2, 0.25) is 5.02 Å². The summed E-state index contributed by atoms with van der Waals surface area (Å²) >= 11 is 9.12. The molecular formula is C15H9BrClN3O4. The fraction of sp³-hybridized carbons (Fsp3) is 0.0667. The Morgan fingerprint density at radius 2 is 2.08 bits per heavy atom. The lowest BCUT2D eigenvalue weighted by atomic mass is 10.2. The predicted molar refractivity (Wildman–Crippen MR) is 89.9 cm³/mol. The first kappa shape index (κ1) is 16.4. The highest BCUT2D eigenvalue weighted by molar-refractivity contribution is 9.10. The summed E-state index contributed by atoms with van der Waals surface area (Å²) in [4.78, 5) is 10.4. The summed E-state index contributed by atoms with van der Waals surface area (Å²) in [6.45, 7) is -0.0938. The molecule has 0 aliphatic rings. The molecule has 0 N–H and O–H groups in total. The highest BCUT2D eigenvalue weighted by Crippen LogP contribution is 2.30. The quantitative estimate of drug-likeness (QED) is 0.449. The molecule has 24 heavy (non-hydrogen) atoms. The third-order valence-corrected chi connectivity index (χ3v) is 3.74. The summed E-state index contributed by atoms with van der Waals surface area (Å²) in [5, 5.41) is 19.1. The normalized spacial score (nSPS) is 10.6. The van der Waals surface area contributed by atoms with Gasteiger partial charge in [-0.05, 0) is 30.3 Å². The Balaban J connectivity index is 1.76. The van der Waals surface area contributed by atoms with E-state index < -0.39 is 4.92 Å². The van der Waals surface area contributed by atoms with Gasteiger partial charge in [-0.3, -0.25) is 10.1 Å². The topological polar surface area (TPSA) is 91.3 Å². The van der Waals surface area contributed by atoms with Crippen molar-refractivity contribution in [3.05, 3.63) is 68.0 Å². The smallest absolute Gasteiger partial charge is 0.312 e. The Morgan fingerprint density at radius 1 is 1.25 bits per heavy atom. The highest BCUT2D eigenvalue weighted by Gasteiger charge is 2.17. The number of hydrogen-bond donors (Lipinski definition) is 0. The fourth-order valence-electron chi connectivity index (χ4n) is 1.94. The molecule has 0 spiro atoms. The third-order valence-electron chi connectivity index (χ3n) is 3.01. The number of ether oxygens (including phenoxy) is 1. The Bertz CT molecular complexity index is 900. The zero-order chi connectivity index (χ0) is 17.1. The first-order valence-corrected chi connectivity index (χ1v) is 7.85. The number of benzene rings is 2. The van der Waals surface area contributed by atoms with Crippen LogP contribution in [0.1, 0.15) is 5.89 Å². The largest absolute Gasteiger partial charge is 0.477 e. The first-order valence-electron chi connectivity index (χ1n) is 6.68. The number of aromatic nitrogens is 2. The first-order chi connectivity index (χ1) is 11.5. The standard InChI is InChI=1S/C15H9BrClN3O4/c16-10-3-1-2-9(6-10)15-19-18-14(24-15)8-23-13-5-4-11(17)7-12(13)20(21)22/h1-7H,8H2. The molecule has 0 aliphatic heterocycles. The van der Waals surface area contributed by atoms with Gasteiger partial charge >= 0.3 is 5.69 Å². The molecule has 9 heteroatoms. The molecule has 0 radical (unpaired) electrons. The second-order valence-electron chi connectivity index (χ2n) is 4.67. The monoisotopic (exact) mass is 409 g/mol. The molecule has 0 atom stereocenters. The van der Waals surface area contributed by atoms with Crippen molar-refractivity contribution in [1.29, 1.82) is 0 Å². The summed E-state index contributed by atoms with van der Waals surface area (Å²) in [5.41, 5.74) is 0.523. The van der Waals surface area contributed by atoms with E-state index in [0.29, 0.717) is 5.89 Å². The average Bonchev–Trinajstić information content (AvgIpc) is 3.02. The molecule has 0 bridgehead atoms. The SMILES string of the molecule is O=[N+]([O-])c1cc(Cl)ccc1OCc1nnc(-c2cccc(Br)c2)o1. The number of nitrogens with zero attached hydrogens (tertiary/aromatic N) is 3. The van der Waals surface area contributed by atoms with Gasteiger partial charge in [-0.1, -0.05) is 33.6 Å². The zero-order valence-corrected chi connectivity index (χ0v) is 14.3. The van der Waals surface area contributed by atoms with E-state index in [0.717, 1.165) is 10.0 Å². The van der Waals surface area contributed by atoms with Crippen LogP contribution in [0, 0.1) is 10.1 Å². The molecule has 0 fully saturated rings. The van der Waals surface area contributed by atoms with Crippen molar-refractivity contribution in [3.63, 3.8) is 0 Å². The average molecular weight is 411 g/mol. The molecule has 0 amide bonds. The van der Waals surface area contributed by atoms with Gasteiger partial charge < -0.3 is 9.15 Å². The Morgan fingerprint density at radius 3 is 2.83 bits per heavy atom. The second kappa shape index (κ2) is 6.98.